The maximum absolute atomic E-state index is 5.98. The number of thiophene rings is 1. The third-order valence-electron chi connectivity index (χ3n) is 1.75. The highest BCUT2D eigenvalue weighted by Crippen LogP contribution is 2.36. The van der Waals surface area contributed by atoms with E-state index in [0.717, 1.165) is 10.4 Å². The van der Waals surface area contributed by atoms with Crippen LogP contribution >= 0.6 is 34.5 Å². The van der Waals surface area contributed by atoms with Crippen LogP contribution in [0.15, 0.2) is 23.7 Å². The lowest BCUT2D eigenvalue weighted by molar-refractivity contribution is 1.34. The fourth-order valence-corrected chi connectivity index (χ4v) is 2.46. The van der Waals surface area contributed by atoms with E-state index in [-0.39, 0.29) is 0 Å². The van der Waals surface area contributed by atoms with Gasteiger partial charge in [0.25, 0.3) is 0 Å². The number of hydrogen-bond donors (Lipinski definition) is 1. The molecule has 2 aromatic rings. The van der Waals surface area contributed by atoms with Crippen molar-refractivity contribution < 1.29 is 0 Å². The normalized spacial score (nSPS) is 10.4. The monoisotopic (exact) mass is 244 g/mol. The minimum Gasteiger partial charge on any atom is -0.383 e. The van der Waals surface area contributed by atoms with Gasteiger partial charge in [0.1, 0.15) is 5.82 Å². The zero-order chi connectivity index (χ0) is 10.1. The summed E-state index contributed by atoms with van der Waals surface area (Å²) < 4.78 is 0. The van der Waals surface area contributed by atoms with Crippen molar-refractivity contribution in [3.05, 3.63) is 33.8 Å². The van der Waals surface area contributed by atoms with Crippen LogP contribution in [0.3, 0.4) is 0 Å². The van der Waals surface area contributed by atoms with Crippen LogP contribution in [0.5, 0.6) is 0 Å². The highest BCUT2D eigenvalue weighted by Gasteiger charge is 2.09. The molecule has 0 aromatic carbocycles. The number of nitrogens with two attached hydrogens (primary N) is 1. The predicted octanol–water partition coefficient (Wildman–Crippen LogP) is 3.70. The molecule has 0 aliphatic carbocycles. The molecule has 0 spiro atoms. The number of nitrogens with zero attached hydrogens (tertiary/aromatic N) is 1. The highest BCUT2D eigenvalue weighted by atomic mass is 35.5. The van der Waals surface area contributed by atoms with Crippen molar-refractivity contribution in [2.24, 2.45) is 0 Å². The van der Waals surface area contributed by atoms with E-state index in [9.17, 15) is 0 Å². The van der Waals surface area contributed by atoms with Crippen molar-refractivity contribution >= 4 is 40.4 Å². The van der Waals surface area contributed by atoms with E-state index < -0.39 is 0 Å². The molecule has 2 heterocycles. The summed E-state index contributed by atoms with van der Waals surface area (Å²) in [6.07, 6.45) is 1.52. The van der Waals surface area contributed by atoms with Gasteiger partial charge in [0.2, 0.25) is 0 Å². The molecule has 14 heavy (non-hydrogen) atoms. The number of halogens is 2. The number of rotatable bonds is 1. The number of aromatic nitrogens is 1. The molecule has 0 saturated carbocycles. The summed E-state index contributed by atoms with van der Waals surface area (Å²) in [5.41, 5.74) is 6.52. The second kappa shape index (κ2) is 3.77. The maximum atomic E-state index is 5.98. The van der Waals surface area contributed by atoms with Crippen molar-refractivity contribution in [2.75, 3.05) is 5.73 Å². The summed E-state index contributed by atoms with van der Waals surface area (Å²) >= 11 is 13.3. The van der Waals surface area contributed by atoms with Crippen molar-refractivity contribution in [3.8, 4) is 10.4 Å². The molecule has 0 unspecified atom stereocenters. The van der Waals surface area contributed by atoms with Gasteiger partial charge in [0.05, 0.1) is 14.9 Å². The molecule has 0 fully saturated rings. The highest BCUT2D eigenvalue weighted by molar-refractivity contribution is 7.14. The van der Waals surface area contributed by atoms with Crippen molar-refractivity contribution in [1.82, 2.24) is 4.98 Å². The second-order valence-corrected chi connectivity index (χ2v) is 4.44. The predicted molar refractivity (Wildman–Crippen MR) is 62.0 cm³/mol. The van der Waals surface area contributed by atoms with E-state index in [1.54, 1.807) is 6.07 Å². The Morgan fingerprint density at radius 1 is 1.36 bits per heavy atom. The van der Waals surface area contributed by atoms with Crippen LogP contribution < -0.4 is 5.73 Å². The Bertz CT molecular complexity index is 468. The van der Waals surface area contributed by atoms with Gasteiger partial charge >= 0.3 is 0 Å². The fraction of sp³-hybridized carbons (Fsp3) is 0. The second-order valence-electron chi connectivity index (χ2n) is 2.68. The lowest BCUT2D eigenvalue weighted by Gasteiger charge is -2.02. The zero-order valence-corrected chi connectivity index (χ0v) is 9.33. The van der Waals surface area contributed by atoms with Gasteiger partial charge in [-0.15, -0.1) is 11.3 Å². The molecule has 0 bridgehead atoms. The van der Waals surface area contributed by atoms with Crippen molar-refractivity contribution in [1.29, 1.82) is 0 Å². The Kier molecular flexibility index (Phi) is 2.63. The van der Waals surface area contributed by atoms with Crippen LogP contribution in [-0.2, 0) is 0 Å². The average molecular weight is 245 g/mol. The average Bonchev–Trinajstić information content (AvgIpc) is 2.56. The Morgan fingerprint density at radius 2 is 2.14 bits per heavy atom. The van der Waals surface area contributed by atoms with Gasteiger partial charge in [0.15, 0.2) is 0 Å². The van der Waals surface area contributed by atoms with E-state index in [1.165, 1.54) is 17.5 Å². The van der Waals surface area contributed by atoms with E-state index in [2.05, 4.69) is 4.98 Å². The Hall–Kier alpha value is -0.770. The smallest absolute Gasteiger partial charge is 0.132 e. The first-order chi connectivity index (χ1) is 6.68. The fourth-order valence-electron chi connectivity index (χ4n) is 1.12. The van der Waals surface area contributed by atoms with Gasteiger partial charge < -0.3 is 5.73 Å². The van der Waals surface area contributed by atoms with E-state index in [4.69, 9.17) is 28.9 Å². The van der Waals surface area contributed by atoms with Crippen LogP contribution in [0.25, 0.3) is 10.4 Å². The summed E-state index contributed by atoms with van der Waals surface area (Å²) in [6.45, 7) is 0. The molecule has 2 rings (SSSR count). The molecule has 0 amide bonds. The number of anilines is 1. The molecule has 0 atom stereocenters. The Labute approximate surface area is 95.3 Å². The molecule has 2 N–H and O–H groups in total. The van der Waals surface area contributed by atoms with Gasteiger partial charge in [-0.1, -0.05) is 23.2 Å². The molecule has 2 aromatic heterocycles. The van der Waals surface area contributed by atoms with Crippen LogP contribution in [0.2, 0.25) is 10.0 Å². The van der Waals surface area contributed by atoms with Gasteiger partial charge in [-0.05, 0) is 17.5 Å². The molecule has 0 aliphatic heterocycles. The molecular weight excluding hydrogens is 239 g/mol. The standard InChI is InChI=1S/C9H6Cl2N2S/c10-5-3-6(9(12)13-4-5)8-7(11)1-2-14-8/h1-4H,(H2,12,13). The summed E-state index contributed by atoms with van der Waals surface area (Å²) in [7, 11) is 0. The first-order valence-corrected chi connectivity index (χ1v) is 5.46. The third kappa shape index (κ3) is 1.71. The van der Waals surface area contributed by atoms with Crippen LogP contribution in [0, 0.1) is 0 Å². The number of nitrogen functional groups attached to an aromatic ring is 1. The minimum absolute atomic E-state index is 0.443. The largest absolute Gasteiger partial charge is 0.383 e. The van der Waals surface area contributed by atoms with Crippen LogP contribution in [-0.4, -0.2) is 4.98 Å². The minimum atomic E-state index is 0.443. The molecular formula is C9H6Cl2N2S. The summed E-state index contributed by atoms with van der Waals surface area (Å²) in [5, 5.41) is 3.13. The quantitative estimate of drug-likeness (QED) is 0.831. The van der Waals surface area contributed by atoms with Crippen molar-refractivity contribution in [2.45, 2.75) is 0 Å². The van der Waals surface area contributed by atoms with E-state index >= 15 is 0 Å². The number of hydrogen-bond acceptors (Lipinski definition) is 3. The first-order valence-electron chi connectivity index (χ1n) is 3.83. The SMILES string of the molecule is Nc1ncc(Cl)cc1-c1sccc1Cl. The van der Waals surface area contributed by atoms with Crippen LogP contribution in [0.1, 0.15) is 0 Å². The van der Waals surface area contributed by atoms with Gasteiger partial charge in [-0.2, -0.15) is 0 Å². The molecule has 0 radical (unpaired) electrons. The molecule has 0 aliphatic rings. The zero-order valence-electron chi connectivity index (χ0n) is 7.00. The summed E-state index contributed by atoms with van der Waals surface area (Å²) in [6, 6.07) is 3.59. The topological polar surface area (TPSA) is 38.9 Å². The van der Waals surface area contributed by atoms with Gasteiger partial charge in [-0.3, -0.25) is 0 Å². The Balaban J connectivity index is 2.62. The van der Waals surface area contributed by atoms with E-state index in [1.807, 2.05) is 11.4 Å². The van der Waals surface area contributed by atoms with Crippen molar-refractivity contribution in [3.63, 3.8) is 0 Å². The van der Waals surface area contributed by atoms with E-state index in [0.29, 0.717) is 15.9 Å². The van der Waals surface area contributed by atoms with Gasteiger partial charge in [-0.25, -0.2) is 4.98 Å². The summed E-state index contributed by atoms with van der Waals surface area (Å²) in [5.74, 6) is 0.443. The third-order valence-corrected chi connectivity index (χ3v) is 3.33. The lowest BCUT2D eigenvalue weighted by atomic mass is 10.2. The first kappa shape index (κ1) is 9.77. The molecule has 72 valence electrons. The maximum Gasteiger partial charge on any atom is 0.132 e. The van der Waals surface area contributed by atoms with Gasteiger partial charge in [0, 0.05) is 11.8 Å². The summed E-state index contributed by atoms with van der Waals surface area (Å²) in [4.78, 5) is 4.87. The lowest BCUT2D eigenvalue weighted by Crippen LogP contribution is -1.92. The van der Waals surface area contributed by atoms with Crippen LogP contribution in [0.4, 0.5) is 5.82 Å². The molecule has 5 heteroatoms. The Morgan fingerprint density at radius 3 is 2.79 bits per heavy atom. The molecule has 0 saturated heterocycles. The number of pyridine rings is 1. The molecule has 2 nitrogen and oxygen atoms in total.